The van der Waals surface area contributed by atoms with E-state index in [1.165, 1.54) is 0 Å². The largest absolute Gasteiger partial charge is 0.497 e. The Hall–Kier alpha value is -1.78. The minimum absolute atomic E-state index is 0.433. The van der Waals surface area contributed by atoms with E-state index in [1.807, 2.05) is 12.1 Å². The minimum atomic E-state index is -0.433. The molecule has 0 aliphatic carbocycles. The molecule has 0 aliphatic heterocycles. The smallest absolute Gasteiger partial charge is 0.122 e. The van der Waals surface area contributed by atoms with Crippen molar-refractivity contribution < 1.29 is 9.47 Å². The van der Waals surface area contributed by atoms with Crippen molar-refractivity contribution in [3.8, 4) is 11.5 Å². The van der Waals surface area contributed by atoms with Gasteiger partial charge in [-0.3, -0.25) is 4.98 Å². The molecule has 0 radical (unpaired) electrons. The second-order valence-electron chi connectivity index (χ2n) is 3.99. The van der Waals surface area contributed by atoms with Gasteiger partial charge in [0.2, 0.25) is 0 Å². The molecule has 0 fully saturated rings. The van der Waals surface area contributed by atoms with Gasteiger partial charge in [-0.05, 0) is 29.8 Å². The van der Waals surface area contributed by atoms with E-state index in [4.69, 9.17) is 26.8 Å². The first-order chi connectivity index (χ1) is 9.15. The number of nitrogens with two attached hydrogens (primary N) is 1. The van der Waals surface area contributed by atoms with Gasteiger partial charge in [-0.2, -0.15) is 0 Å². The second-order valence-corrected chi connectivity index (χ2v) is 4.40. The average molecular weight is 279 g/mol. The lowest BCUT2D eigenvalue weighted by Crippen LogP contribution is -2.14. The van der Waals surface area contributed by atoms with Crippen molar-refractivity contribution >= 4 is 11.6 Å². The number of aromatic nitrogens is 1. The highest BCUT2D eigenvalue weighted by atomic mass is 35.5. The molecule has 100 valence electrons. The van der Waals surface area contributed by atoms with E-state index >= 15 is 0 Å². The quantitative estimate of drug-likeness (QED) is 0.934. The van der Waals surface area contributed by atoms with Gasteiger partial charge in [-0.25, -0.2) is 0 Å². The van der Waals surface area contributed by atoms with Crippen LogP contribution in [0, 0.1) is 0 Å². The van der Waals surface area contributed by atoms with E-state index in [-0.39, 0.29) is 0 Å². The Balaban J connectivity index is 2.43. The lowest BCUT2D eigenvalue weighted by atomic mass is 10.0. The first-order valence-corrected chi connectivity index (χ1v) is 6.12. The fourth-order valence-corrected chi connectivity index (χ4v) is 2.03. The fraction of sp³-hybridized carbons (Fsp3) is 0.214. The van der Waals surface area contributed by atoms with Gasteiger partial charge in [0.1, 0.15) is 11.5 Å². The molecule has 1 unspecified atom stereocenters. The Morgan fingerprint density at radius 2 is 1.79 bits per heavy atom. The molecule has 2 rings (SSSR count). The molecular formula is C14H15ClN2O2. The van der Waals surface area contributed by atoms with Gasteiger partial charge in [0.25, 0.3) is 0 Å². The highest BCUT2D eigenvalue weighted by molar-refractivity contribution is 6.31. The van der Waals surface area contributed by atoms with Crippen molar-refractivity contribution in [1.29, 1.82) is 0 Å². The van der Waals surface area contributed by atoms with Crippen molar-refractivity contribution in [1.82, 2.24) is 4.98 Å². The molecule has 4 nitrogen and oxygen atoms in total. The molecule has 1 atom stereocenters. The maximum atomic E-state index is 6.21. The van der Waals surface area contributed by atoms with Crippen LogP contribution in [0.5, 0.6) is 11.5 Å². The summed E-state index contributed by atoms with van der Waals surface area (Å²) in [5.41, 5.74) is 7.66. The molecule has 0 bridgehead atoms. The highest BCUT2D eigenvalue weighted by Gasteiger charge is 2.15. The Kier molecular flexibility index (Phi) is 4.24. The number of hydrogen-bond donors (Lipinski definition) is 1. The molecule has 0 aliphatic rings. The van der Waals surface area contributed by atoms with Gasteiger partial charge < -0.3 is 15.2 Å². The van der Waals surface area contributed by atoms with Crippen LogP contribution in [-0.4, -0.2) is 19.2 Å². The van der Waals surface area contributed by atoms with E-state index < -0.39 is 6.04 Å². The van der Waals surface area contributed by atoms with Crippen LogP contribution < -0.4 is 15.2 Å². The Morgan fingerprint density at radius 3 is 2.32 bits per heavy atom. The van der Waals surface area contributed by atoms with Gasteiger partial charge in [0.05, 0.1) is 31.0 Å². The third kappa shape index (κ3) is 2.97. The van der Waals surface area contributed by atoms with E-state index in [9.17, 15) is 0 Å². The van der Waals surface area contributed by atoms with Crippen LogP contribution in [0.1, 0.15) is 17.3 Å². The first kappa shape index (κ1) is 13.6. The highest BCUT2D eigenvalue weighted by Crippen LogP contribution is 2.30. The summed E-state index contributed by atoms with van der Waals surface area (Å²) in [5.74, 6) is 1.36. The van der Waals surface area contributed by atoms with Gasteiger partial charge in [0, 0.05) is 12.3 Å². The normalized spacial score (nSPS) is 12.0. The number of ether oxygens (including phenoxy) is 2. The predicted molar refractivity (Wildman–Crippen MR) is 74.8 cm³/mol. The number of benzene rings is 1. The number of nitrogens with zero attached hydrogens (tertiary/aromatic N) is 1. The second kappa shape index (κ2) is 5.91. The summed E-state index contributed by atoms with van der Waals surface area (Å²) in [5, 5.41) is 0.539. The lowest BCUT2D eigenvalue weighted by Gasteiger charge is -2.15. The summed E-state index contributed by atoms with van der Waals surface area (Å²) in [4.78, 5) is 4.23. The van der Waals surface area contributed by atoms with E-state index in [0.717, 1.165) is 5.56 Å². The predicted octanol–water partition coefficient (Wildman–Crippen LogP) is 2.80. The number of halogens is 1. The monoisotopic (exact) mass is 278 g/mol. The van der Waals surface area contributed by atoms with Gasteiger partial charge >= 0.3 is 0 Å². The van der Waals surface area contributed by atoms with Crippen molar-refractivity contribution in [2.24, 2.45) is 5.73 Å². The van der Waals surface area contributed by atoms with Crippen molar-refractivity contribution in [2.45, 2.75) is 6.04 Å². The van der Waals surface area contributed by atoms with Crippen LogP contribution in [0.25, 0.3) is 0 Å². The molecule has 19 heavy (non-hydrogen) atoms. The molecule has 0 spiro atoms. The molecule has 0 saturated carbocycles. The molecule has 1 aromatic carbocycles. The molecule has 2 N–H and O–H groups in total. The van der Waals surface area contributed by atoms with Crippen LogP contribution in [0.15, 0.2) is 36.5 Å². The maximum Gasteiger partial charge on any atom is 0.122 e. The van der Waals surface area contributed by atoms with Gasteiger partial charge in [-0.15, -0.1) is 0 Å². The van der Waals surface area contributed by atoms with E-state index in [0.29, 0.717) is 22.2 Å². The number of rotatable bonds is 4. The Bertz CT molecular complexity index is 553. The fourth-order valence-electron chi connectivity index (χ4n) is 1.79. The third-order valence-electron chi connectivity index (χ3n) is 2.81. The summed E-state index contributed by atoms with van der Waals surface area (Å²) in [7, 11) is 3.19. The average Bonchev–Trinajstić information content (AvgIpc) is 2.46. The number of pyridine rings is 1. The van der Waals surface area contributed by atoms with Crippen LogP contribution >= 0.6 is 11.6 Å². The molecule has 5 heteroatoms. The van der Waals surface area contributed by atoms with Crippen LogP contribution in [0.2, 0.25) is 5.02 Å². The third-order valence-corrected chi connectivity index (χ3v) is 3.13. The molecular weight excluding hydrogens is 264 g/mol. The van der Waals surface area contributed by atoms with Crippen molar-refractivity contribution in [2.75, 3.05) is 14.2 Å². The number of methoxy groups -OCH3 is 2. The minimum Gasteiger partial charge on any atom is -0.497 e. The van der Waals surface area contributed by atoms with Gasteiger partial charge in [-0.1, -0.05) is 11.6 Å². The maximum absolute atomic E-state index is 6.21. The molecule has 1 heterocycles. The molecule has 1 aromatic heterocycles. The van der Waals surface area contributed by atoms with Crippen LogP contribution in [-0.2, 0) is 0 Å². The lowest BCUT2D eigenvalue weighted by molar-refractivity contribution is 0.393. The SMILES string of the molecule is COc1cc(OC)cc(C(N)c2ncccc2Cl)c1. The van der Waals surface area contributed by atoms with Crippen molar-refractivity contribution in [3.05, 3.63) is 52.8 Å². The zero-order valence-electron chi connectivity index (χ0n) is 10.8. The standard InChI is InChI=1S/C14H15ClN2O2/c1-18-10-6-9(7-11(8-10)19-2)13(16)14-12(15)4-3-5-17-14/h3-8,13H,16H2,1-2H3. The number of hydrogen-bond acceptors (Lipinski definition) is 4. The van der Waals surface area contributed by atoms with Crippen molar-refractivity contribution in [3.63, 3.8) is 0 Å². The summed E-state index contributed by atoms with van der Waals surface area (Å²) < 4.78 is 10.4. The summed E-state index contributed by atoms with van der Waals surface area (Å²) in [6.45, 7) is 0. The molecule has 0 saturated heterocycles. The first-order valence-electron chi connectivity index (χ1n) is 5.74. The molecule has 2 aromatic rings. The van der Waals surface area contributed by atoms with E-state index in [1.54, 1.807) is 38.6 Å². The Labute approximate surface area is 117 Å². The zero-order chi connectivity index (χ0) is 13.8. The van der Waals surface area contributed by atoms with Crippen LogP contribution in [0.4, 0.5) is 0 Å². The molecule has 0 amide bonds. The Morgan fingerprint density at radius 1 is 1.16 bits per heavy atom. The summed E-state index contributed by atoms with van der Waals surface area (Å²) >= 11 is 6.11. The topological polar surface area (TPSA) is 57.4 Å². The van der Waals surface area contributed by atoms with Crippen LogP contribution in [0.3, 0.4) is 0 Å². The van der Waals surface area contributed by atoms with E-state index in [2.05, 4.69) is 4.98 Å². The summed E-state index contributed by atoms with van der Waals surface area (Å²) in [6.07, 6.45) is 1.67. The zero-order valence-corrected chi connectivity index (χ0v) is 11.5. The van der Waals surface area contributed by atoms with Gasteiger partial charge in [0.15, 0.2) is 0 Å². The summed E-state index contributed by atoms with van der Waals surface area (Å²) in [6, 6.07) is 8.58.